The van der Waals surface area contributed by atoms with Crippen LogP contribution < -0.4 is 5.32 Å². The maximum atomic E-state index is 11.8. The van der Waals surface area contributed by atoms with Gasteiger partial charge in [-0.25, -0.2) is 0 Å². The molecule has 1 atom stereocenters. The molecule has 0 aromatic carbocycles. The van der Waals surface area contributed by atoms with Crippen LogP contribution in [0, 0.1) is 5.92 Å². The first-order valence-corrected chi connectivity index (χ1v) is 6.68. The Morgan fingerprint density at radius 2 is 2.19 bits per heavy atom. The summed E-state index contributed by atoms with van der Waals surface area (Å²) < 4.78 is 0. The van der Waals surface area contributed by atoms with E-state index >= 15 is 0 Å². The zero-order valence-electron chi connectivity index (χ0n) is 10.8. The van der Waals surface area contributed by atoms with Gasteiger partial charge in [-0.05, 0) is 31.8 Å². The van der Waals surface area contributed by atoms with E-state index in [0.717, 1.165) is 32.5 Å². The van der Waals surface area contributed by atoms with Gasteiger partial charge in [-0.3, -0.25) is 4.79 Å². The fraction of sp³-hybridized carbons (Fsp3) is 0.923. The van der Waals surface area contributed by atoms with Crippen LogP contribution in [0.2, 0.25) is 0 Å². The molecule has 1 aliphatic rings. The zero-order valence-corrected chi connectivity index (χ0v) is 10.8. The quantitative estimate of drug-likeness (QED) is 0.674. The zero-order chi connectivity index (χ0) is 11.8. The number of rotatable bonds is 7. The molecular weight excluding hydrogens is 200 g/mol. The lowest BCUT2D eigenvalue weighted by Crippen LogP contribution is -2.32. The first-order valence-electron chi connectivity index (χ1n) is 6.68. The number of hydrogen-bond acceptors (Lipinski definition) is 2. The molecule has 1 unspecified atom stereocenters. The smallest absolute Gasteiger partial charge is 0.222 e. The van der Waals surface area contributed by atoms with Crippen molar-refractivity contribution in [3.8, 4) is 0 Å². The molecular formula is C13H26N2O. The minimum atomic E-state index is 0.322. The van der Waals surface area contributed by atoms with Crippen molar-refractivity contribution in [2.45, 2.75) is 45.4 Å². The van der Waals surface area contributed by atoms with E-state index in [2.05, 4.69) is 12.2 Å². The summed E-state index contributed by atoms with van der Waals surface area (Å²) in [6.45, 7) is 5.32. The number of amides is 1. The van der Waals surface area contributed by atoms with Gasteiger partial charge in [0.15, 0.2) is 0 Å². The molecule has 0 spiro atoms. The van der Waals surface area contributed by atoms with Gasteiger partial charge in [0.05, 0.1) is 0 Å². The largest absolute Gasteiger partial charge is 0.345 e. The molecule has 1 fully saturated rings. The molecule has 1 heterocycles. The molecule has 0 aromatic heterocycles. The maximum Gasteiger partial charge on any atom is 0.222 e. The van der Waals surface area contributed by atoms with E-state index in [-0.39, 0.29) is 0 Å². The van der Waals surface area contributed by atoms with Crippen LogP contribution in [-0.2, 0) is 4.79 Å². The number of unbranched alkanes of at least 4 members (excludes halogenated alkanes) is 3. The van der Waals surface area contributed by atoms with Gasteiger partial charge in [0.1, 0.15) is 0 Å². The molecule has 3 nitrogen and oxygen atoms in total. The van der Waals surface area contributed by atoms with E-state index in [1.54, 1.807) is 0 Å². The number of nitrogens with zero attached hydrogens (tertiary/aromatic N) is 1. The normalized spacial score (nSPS) is 20.0. The second-order valence-electron chi connectivity index (χ2n) is 4.94. The Bertz CT molecular complexity index is 200. The third-order valence-electron chi connectivity index (χ3n) is 3.36. The van der Waals surface area contributed by atoms with Gasteiger partial charge in [0.25, 0.3) is 0 Å². The van der Waals surface area contributed by atoms with E-state index in [1.807, 2.05) is 11.9 Å². The summed E-state index contributed by atoms with van der Waals surface area (Å²) in [4.78, 5) is 13.7. The predicted molar refractivity (Wildman–Crippen MR) is 67.4 cm³/mol. The van der Waals surface area contributed by atoms with E-state index in [4.69, 9.17) is 0 Å². The fourth-order valence-electron chi connectivity index (χ4n) is 2.25. The topological polar surface area (TPSA) is 32.3 Å². The highest BCUT2D eigenvalue weighted by molar-refractivity contribution is 5.75. The van der Waals surface area contributed by atoms with Gasteiger partial charge in [-0.1, -0.05) is 26.2 Å². The van der Waals surface area contributed by atoms with E-state index in [9.17, 15) is 4.79 Å². The van der Waals surface area contributed by atoms with Crippen molar-refractivity contribution in [1.82, 2.24) is 10.2 Å². The van der Waals surface area contributed by atoms with Crippen LogP contribution in [-0.4, -0.2) is 37.5 Å². The summed E-state index contributed by atoms with van der Waals surface area (Å²) in [6, 6.07) is 0. The Morgan fingerprint density at radius 3 is 2.81 bits per heavy atom. The molecule has 1 saturated heterocycles. The van der Waals surface area contributed by atoms with E-state index in [1.165, 1.54) is 25.7 Å². The number of carbonyl (C=O) groups excluding carboxylic acids is 1. The number of hydrogen-bond donors (Lipinski definition) is 1. The highest BCUT2D eigenvalue weighted by atomic mass is 16.2. The number of nitrogens with one attached hydrogen (secondary N) is 1. The lowest BCUT2D eigenvalue weighted by Gasteiger charge is -2.20. The molecule has 3 heteroatoms. The second-order valence-corrected chi connectivity index (χ2v) is 4.94. The average molecular weight is 226 g/mol. The van der Waals surface area contributed by atoms with Gasteiger partial charge in [0, 0.05) is 20.0 Å². The van der Waals surface area contributed by atoms with Crippen molar-refractivity contribution in [2.75, 3.05) is 26.7 Å². The molecule has 0 bridgehead atoms. The van der Waals surface area contributed by atoms with Crippen molar-refractivity contribution in [2.24, 2.45) is 5.92 Å². The van der Waals surface area contributed by atoms with Crippen LogP contribution in [0.4, 0.5) is 0 Å². The summed E-state index contributed by atoms with van der Waals surface area (Å²) in [5.74, 6) is 0.993. The maximum absolute atomic E-state index is 11.8. The van der Waals surface area contributed by atoms with Gasteiger partial charge in [-0.15, -0.1) is 0 Å². The Kier molecular flexibility index (Phi) is 6.46. The van der Waals surface area contributed by atoms with Gasteiger partial charge in [0.2, 0.25) is 5.91 Å². The lowest BCUT2D eigenvalue weighted by molar-refractivity contribution is -0.130. The minimum absolute atomic E-state index is 0.322. The summed E-state index contributed by atoms with van der Waals surface area (Å²) in [7, 11) is 1.94. The van der Waals surface area contributed by atoms with Crippen LogP contribution in [0.25, 0.3) is 0 Å². The van der Waals surface area contributed by atoms with Crippen LogP contribution in [0.1, 0.15) is 45.4 Å². The highest BCUT2D eigenvalue weighted by Crippen LogP contribution is 2.10. The third kappa shape index (κ3) is 4.97. The van der Waals surface area contributed by atoms with Crippen molar-refractivity contribution < 1.29 is 4.79 Å². The average Bonchev–Trinajstić information content (AvgIpc) is 2.76. The fourth-order valence-corrected chi connectivity index (χ4v) is 2.25. The Balaban J connectivity index is 2.09. The summed E-state index contributed by atoms with van der Waals surface area (Å²) in [5.41, 5.74) is 0. The van der Waals surface area contributed by atoms with Crippen LogP contribution in [0.15, 0.2) is 0 Å². The van der Waals surface area contributed by atoms with Crippen LogP contribution in [0.3, 0.4) is 0 Å². The minimum Gasteiger partial charge on any atom is -0.345 e. The molecule has 1 amide bonds. The summed E-state index contributed by atoms with van der Waals surface area (Å²) >= 11 is 0. The lowest BCUT2D eigenvalue weighted by atomic mass is 10.1. The Labute approximate surface area is 99.6 Å². The molecule has 16 heavy (non-hydrogen) atoms. The summed E-state index contributed by atoms with van der Waals surface area (Å²) in [6.07, 6.45) is 6.69. The van der Waals surface area contributed by atoms with Crippen molar-refractivity contribution in [3.05, 3.63) is 0 Å². The second kappa shape index (κ2) is 7.66. The van der Waals surface area contributed by atoms with Crippen molar-refractivity contribution >= 4 is 5.91 Å². The number of carbonyl (C=O) groups is 1. The molecule has 0 aromatic rings. The standard InChI is InChI=1S/C13H26N2O/c1-3-4-5-6-7-13(16)15(2)11-12-8-9-14-10-12/h12,14H,3-11H2,1-2H3. The van der Waals surface area contributed by atoms with E-state index < -0.39 is 0 Å². The first kappa shape index (κ1) is 13.5. The van der Waals surface area contributed by atoms with E-state index in [0.29, 0.717) is 11.8 Å². The third-order valence-corrected chi connectivity index (χ3v) is 3.36. The Hall–Kier alpha value is -0.570. The van der Waals surface area contributed by atoms with Gasteiger partial charge >= 0.3 is 0 Å². The highest BCUT2D eigenvalue weighted by Gasteiger charge is 2.18. The molecule has 1 N–H and O–H groups in total. The molecule has 1 aliphatic heterocycles. The SMILES string of the molecule is CCCCCCC(=O)N(C)CC1CCNC1. The molecule has 1 rings (SSSR count). The van der Waals surface area contributed by atoms with Crippen molar-refractivity contribution in [1.29, 1.82) is 0 Å². The monoisotopic (exact) mass is 226 g/mol. The first-order chi connectivity index (χ1) is 7.74. The Morgan fingerprint density at radius 1 is 1.38 bits per heavy atom. The van der Waals surface area contributed by atoms with Gasteiger partial charge < -0.3 is 10.2 Å². The van der Waals surface area contributed by atoms with Crippen molar-refractivity contribution in [3.63, 3.8) is 0 Å². The molecule has 94 valence electrons. The van der Waals surface area contributed by atoms with Gasteiger partial charge in [-0.2, -0.15) is 0 Å². The van der Waals surface area contributed by atoms with Crippen LogP contribution in [0.5, 0.6) is 0 Å². The molecule has 0 aliphatic carbocycles. The predicted octanol–water partition coefficient (Wildman–Crippen LogP) is 2.02. The molecule has 0 saturated carbocycles. The van der Waals surface area contributed by atoms with Crippen LogP contribution >= 0.6 is 0 Å². The summed E-state index contributed by atoms with van der Waals surface area (Å²) in [5, 5.41) is 3.34. The molecule has 0 radical (unpaired) electrons.